The number of rotatable bonds is 5. The summed E-state index contributed by atoms with van der Waals surface area (Å²) in [5.74, 6) is -0.753. The zero-order valence-corrected chi connectivity index (χ0v) is 11.3. The minimum Gasteiger partial charge on any atom is -0.314 e. The summed E-state index contributed by atoms with van der Waals surface area (Å²) in [5.41, 5.74) is 0.382. The number of piperazine rings is 1. The van der Waals surface area contributed by atoms with Gasteiger partial charge in [-0.25, -0.2) is 8.78 Å². The Labute approximate surface area is 113 Å². The summed E-state index contributed by atoms with van der Waals surface area (Å²) < 4.78 is 26.4. The van der Waals surface area contributed by atoms with E-state index in [1.165, 1.54) is 12.1 Å². The molecule has 2 N–H and O–H groups in total. The van der Waals surface area contributed by atoms with Gasteiger partial charge in [-0.2, -0.15) is 0 Å². The Morgan fingerprint density at radius 3 is 2.79 bits per heavy atom. The van der Waals surface area contributed by atoms with E-state index in [1.54, 1.807) is 0 Å². The molecule has 1 unspecified atom stereocenters. The maximum absolute atomic E-state index is 13.4. The summed E-state index contributed by atoms with van der Waals surface area (Å²) in [6.45, 7) is 7.40. The molecule has 0 spiro atoms. The number of nitrogens with zero attached hydrogens (tertiary/aromatic N) is 1. The van der Waals surface area contributed by atoms with Crippen LogP contribution in [0, 0.1) is 11.6 Å². The normalized spacial score (nSPS) is 18.5. The van der Waals surface area contributed by atoms with E-state index >= 15 is 0 Å². The molecule has 2 rings (SSSR count). The molecule has 0 saturated carbocycles. The molecule has 106 valence electrons. The second kappa shape index (κ2) is 6.93. The van der Waals surface area contributed by atoms with Crippen LogP contribution >= 0.6 is 0 Å². The van der Waals surface area contributed by atoms with Crippen molar-refractivity contribution in [1.29, 1.82) is 0 Å². The zero-order chi connectivity index (χ0) is 13.7. The Kier molecular flexibility index (Phi) is 5.24. The van der Waals surface area contributed by atoms with Crippen LogP contribution in [0.1, 0.15) is 12.5 Å². The fraction of sp³-hybridized carbons (Fsp3) is 0.571. The summed E-state index contributed by atoms with van der Waals surface area (Å²) in [7, 11) is 0. The highest BCUT2D eigenvalue weighted by Gasteiger charge is 2.15. The third kappa shape index (κ3) is 4.23. The van der Waals surface area contributed by atoms with Crippen LogP contribution < -0.4 is 10.6 Å². The molecule has 1 atom stereocenters. The van der Waals surface area contributed by atoms with Crippen molar-refractivity contribution in [2.75, 3.05) is 32.7 Å². The van der Waals surface area contributed by atoms with Gasteiger partial charge in [-0.3, -0.25) is 4.90 Å². The predicted molar refractivity (Wildman–Crippen MR) is 72.0 cm³/mol. The monoisotopic (exact) mass is 269 g/mol. The fourth-order valence-electron chi connectivity index (χ4n) is 2.35. The fourth-order valence-corrected chi connectivity index (χ4v) is 2.35. The molecule has 0 bridgehead atoms. The smallest absolute Gasteiger partial charge is 0.127 e. The van der Waals surface area contributed by atoms with Gasteiger partial charge in [0, 0.05) is 50.9 Å². The van der Waals surface area contributed by atoms with Gasteiger partial charge in [0.2, 0.25) is 0 Å². The van der Waals surface area contributed by atoms with Gasteiger partial charge in [0.05, 0.1) is 0 Å². The van der Waals surface area contributed by atoms with Crippen LogP contribution in [0.5, 0.6) is 0 Å². The average Bonchev–Trinajstić information content (AvgIpc) is 2.43. The Morgan fingerprint density at radius 2 is 2.05 bits per heavy atom. The molecule has 1 aliphatic heterocycles. The van der Waals surface area contributed by atoms with Crippen molar-refractivity contribution >= 4 is 0 Å². The molecule has 1 fully saturated rings. The van der Waals surface area contributed by atoms with E-state index in [2.05, 4.69) is 22.5 Å². The van der Waals surface area contributed by atoms with E-state index in [0.717, 1.165) is 38.8 Å². The molecule has 1 aliphatic rings. The molecule has 0 amide bonds. The van der Waals surface area contributed by atoms with Crippen molar-refractivity contribution in [3.63, 3.8) is 0 Å². The van der Waals surface area contributed by atoms with Gasteiger partial charge in [-0.05, 0) is 25.1 Å². The number of halogens is 2. The first-order valence-electron chi connectivity index (χ1n) is 6.76. The lowest BCUT2D eigenvalue weighted by molar-refractivity contribution is 0.180. The van der Waals surface area contributed by atoms with Crippen molar-refractivity contribution in [3.8, 4) is 0 Å². The summed E-state index contributed by atoms with van der Waals surface area (Å²) in [5, 5.41) is 6.51. The predicted octanol–water partition coefficient (Wildman–Crippen LogP) is 1.35. The minimum atomic E-state index is -0.395. The SMILES string of the molecule is CC(CNCc1cc(F)ccc1F)N1CCNCC1. The van der Waals surface area contributed by atoms with Gasteiger partial charge >= 0.3 is 0 Å². The Bertz CT molecular complexity index is 406. The first-order chi connectivity index (χ1) is 9.16. The number of hydrogen-bond donors (Lipinski definition) is 2. The molecular weight excluding hydrogens is 248 g/mol. The topological polar surface area (TPSA) is 27.3 Å². The minimum absolute atomic E-state index is 0.358. The third-order valence-corrected chi connectivity index (χ3v) is 3.54. The van der Waals surface area contributed by atoms with Gasteiger partial charge < -0.3 is 10.6 Å². The van der Waals surface area contributed by atoms with Gasteiger partial charge in [-0.15, -0.1) is 0 Å². The molecule has 19 heavy (non-hydrogen) atoms. The second-order valence-corrected chi connectivity index (χ2v) is 5.00. The maximum Gasteiger partial charge on any atom is 0.127 e. The molecule has 0 aliphatic carbocycles. The number of hydrogen-bond acceptors (Lipinski definition) is 3. The second-order valence-electron chi connectivity index (χ2n) is 5.00. The van der Waals surface area contributed by atoms with E-state index in [1.807, 2.05) is 0 Å². The van der Waals surface area contributed by atoms with Crippen LogP contribution in [0.3, 0.4) is 0 Å². The van der Waals surface area contributed by atoms with Crippen LogP contribution in [0.4, 0.5) is 8.78 Å². The highest BCUT2D eigenvalue weighted by atomic mass is 19.1. The third-order valence-electron chi connectivity index (χ3n) is 3.54. The highest BCUT2D eigenvalue weighted by molar-refractivity contribution is 5.18. The van der Waals surface area contributed by atoms with Crippen LogP contribution in [-0.2, 0) is 6.54 Å². The maximum atomic E-state index is 13.4. The van der Waals surface area contributed by atoms with E-state index in [0.29, 0.717) is 18.2 Å². The van der Waals surface area contributed by atoms with Crippen LogP contribution in [0.25, 0.3) is 0 Å². The summed E-state index contributed by atoms with van der Waals surface area (Å²) in [6.07, 6.45) is 0. The standard InChI is InChI=1S/C14H21F2N3/c1-11(19-6-4-17-5-7-19)9-18-10-12-8-13(15)2-3-14(12)16/h2-3,8,11,17-18H,4-7,9-10H2,1H3. The Morgan fingerprint density at radius 1 is 1.32 bits per heavy atom. The Balaban J connectivity index is 1.77. The molecule has 3 nitrogen and oxygen atoms in total. The largest absolute Gasteiger partial charge is 0.314 e. The summed E-state index contributed by atoms with van der Waals surface area (Å²) >= 11 is 0. The molecule has 0 radical (unpaired) electrons. The summed E-state index contributed by atoms with van der Waals surface area (Å²) in [6, 6.07) is 3.96. The highest BCUT2D eigenvalue weighted by Crippen LogP contribution is 2.09. The van der Waals surface area contributed by atoms with Crippen LogP contribution in [0.15, 0.2) is 18.2 Å². The Hall–Kier alpha value is -1.04. The van der Waals surface area contributed by atoms with E-state index in [4.69, 9.17) is 0 Å². The van der Waals surface area contributed by atoms with Crippen molar-refractivity contribution < 1.29 is 8.78 Å². The molecule has 1 aromatic carbocycles. The van der Waals surface area contributed by atoms with E-state index < -0.39 is 5.82 Å². The first kappa shape index (κ1) is 14.4. The van der Waals surface area contributed by atoms with E-state index in [9.17, 15) is 8.78 Å². The molecular formula is C14H21F2N3. The van der Waals surface area contributed by atoms with Gasteiger partial charge in [-0.1, -0.05) is 0 Å². The zero-order valence-electron chi connectivity index (χ0n) is 11.3. The number of benzene rings is 1. The molecule has 0 aromatic heterocycles. The lowest BCUT2D eigenvalue weighted by atomic mass is 10.2. The van der Waals surface area contributed by atoms with Gasteiger partial charge in [0.1, 0.15) is 11.6 Å². The summed E-state index contributed by atoms with van der Waals surface area (Å²) in [4.78, 5) is 2.39. The van der Waals surface area contributed by atoms with Crippen molar-refractivity contribution in [1.82, 2.24) is 15.5 Å². The van der Waals surface area contributed by atoms with Gasteiger partial charge in [0.25, 0.3) is 0 Å². The number of nitrogens with one attached hydrogen (secondary N) is 2. The van der Waals surface area contributed by atoms with Crippen LogP contribution in [-0.4, -0.2) is 43.7 Å². The molecule has 5 heteroatoms. The lowest BCUT2D eigenvalue weighted by Gasteiger charge is -2.32. The molecule has 1 heterocycles. The lowest BCUT2D eigenvalue weighted by Crippen LogP contribution is -2.50. The van der Waals surface area contributed by atoms with Crippen molar-refractivity contribution in [3.05, 3.63) is 35.4 Å². The van der Waals surface area contributed by atoms with Crippen LogP contribution in [0.2, 0.25) is 0 Å². The van der Waals surface area contributed by atoms with Crippen molar-refractivity contribution in [2.45, 2.75) is 19.5 Å². The molecule has 1 aromatic rings. The van der Waals surface area contributed by atoms with Gasteiger partial charge in [0.15, 0.2) is 0 Å². The quantitative estimate of drug-likeness (QED) is 0.845. The first-order valence-corrected chi connectivity index (χ1v) is 6.76. The van der Waals surface area contributed by atoms with Crippen molar-refractivity contribution in [2.24, 2.45) is 0 Å². The average molecular weight is 269 g/mol. The molecule has 1 saturated heterocycles. The van der Waals surface area contributed by atoms with E-state index in [-0.39, 0.29) is 5.82 Å².